The summed E-state index contributed by atoms with van der Waals surface area (Å²) in [5.41, 5.74) is 2.32. The molecule has 1 N–H and O–H groups in total. The lowest BCUT2D eigenvalue weighted by Gasteiger charge is -2.15. The smallest absolute Gasteiger partial charge is 0.251 e. The van der Waals surface area contributed by atoms with Gasteiger partial charge in [0.1, 0.15) is 18.8 Å². The van der Waals surface area contributed by atoms with E-state index in [1.165, 1.54) is 19.2 Å². The molecule has 1 aliphatic rings. The van der Waals surface area contributed by atoms with Crippen molar-refractivity contribution < 1.29 is 9.53 Å². The fourth-order valence-electron chi connectivity index (χ4n) is 3.21. The second-order valence-corrected chi connectivity index (χ2v) is 6.56. The number of nitrogens with zero attached hydrogens (tertiary/aromatic N) is 4. The number of aromatic nitrogens is 4. The standard InChI is InChI=1S/C20H21N5O2/c26-19(15-7-9-17(10-8-15)25-14-21-13-24-25)23-12-16-4-3-11-22-20(16)27-18-5-1-2-6-18/h3-4,7-11,13-14,18H,1-2,5-6,12H2,(H,23,26). The van der Waals surface area contributed by atoms with Gasteiger partial charge in [-0.05, 0) is 56.0 Å². The lowest BCUT2D eigenvalue weighted by molar-refractivity contribution is 0.0950. The number of ether oxygens (including phenoxy) is 1. The summed E-state index contributed by atoms with van der Waals surface area (Å²) < 4.78 is 7.67. The van der Waals surface area contributed by atoms with Crippen LogP contribution in [0.2, 0.25) is 0 Å². The molecule has 0 aliphatic heterocycles. The van der Waals surface area contributed by atoms with E-state index in [4.69, 9.17) is 4.74 Å². The van der Waals surface area contributed by atoms with Crippen molar-refractivity contribution >= 4 is 5.91 Å². The molecule has 138 valence electrons. The molecule has 0 radical (unpaired) electrons. The highest BCUT2D eigenvalue weighted by Gasteiger charge is 2.18. The predicted octanol–water partition coefficient (Wildman–Crippen LogP) is 2.91. The highest BCUT2D eigenvalue weighted by Crippen LogP contribution is 2.25. The van der Waals surface area contributed by atoms with E-state index in [1.807, 2.05) is 24.3 Å². The molecule has 7 heteroatoms. The lowest BCUT2D eigenvalue weighted by atomic mass is 10.2. The fraction of sp³-hybridized carbons (Fsp3) is 0.300. The highest BCUT2D eigenvalue weighted by atomic mass is 16.5. The van der Waals surface area contributed by atoms with E-state index in [2.05, 4.69) is 20.4 Å². The van der Waals surface area contributed by atoms with Gasteiger partial charge in [-0.25, -0.2) is 14.6 Å². The van der Waals surface area contributed by atoms with E-state index in [9.17, 15) is 4.79 Å². The fourth-order valence-corrected chi connectivity index (χ4v) is 3.21. The maximum atomic E-state index is 12.5. The second kappa shape index (κ2) is 7.99. The monoisotopic (exact) mass is 363 g/mol. The Morgan fingerprint density at radius 2 is 2.00 bits per heavy atom. The summed E-state index contributed by atoms with van der Waals surface area (Å²) in [6.07, 6.45) is 9.59. The first-order valence-corrected chi connectivity index (χ1v) is 9.13. The molecule has 1 amide bonds. The third-order valence-electron chi connectivity index (χ3n) is 4.68. The Morgan fingerprint density at radius 3 is 2.74 bits per heavy atom. The Hall–Kier alpha value is -3.22. The number of benzene rings is 1. The molecule has 3 aromatic rings. The summed E-state index contributed by atoms with van der Waals surface area (Å²) >= 11 is 0. The van der Waals surface area contributed by atoms with Crippen LogP contribution in [-0.2, 0) is 6.54 Å². The zero-order chi connectivity index (χ0) is 18.5. The van der Waals surface area contributed by atoms with Gasteiger partial charge in [0, 0.05) is 23.9 Å². The number of carbonyl (C=O) groups excluding carboxylic acids is 1. The number of rotatable bonds is 6. The molecule has 0 saturated heterocycles. The van der Waals surface area contributed by atoms with Gasteiger partial charge in [-0.2, -0.15) is 5.10 Å². The van der Waals surface area contributed by atoms with Gasteiger partial charge in [0.15, 0.2) is 0 Å². The summed E-state index contributed by atoms with van der Waals surface area (Å²) in [4.78, 5) is 20.7. The van der Waals surface area contributed by atoms with Gasteiger partial charge in [0.2, 0.25) is 5.88 Å². The Bertz CT molecular complexity index is 887. The summed E-state index contributed by atoms with van der Waals surface area (Å²) in [5, 5.41) is 7.01. The maximum absolute atomic E-state index is 12.5. The zero-order valence-corrected chi connectivity index (χ0v) is 14.9. The molecule has 0 atom stereocenters. The molecule has 1 aliphatic carbocycles. The van der Waals surface area contributed by atoms with Crippen LogP contribution in [-0.4, -0.2) is 31.8 Å². The van der Waals surface area contributed by atoms with Crippen LogP contribution in [0.5, 0.6) is 5.88 Å². The third-order valence-corrected chi connectivity index (χ3v) is 4.68. The highest BCUT2D eigenvalue weighted by molar-refractivity contribution is 5.94. The summed E-state index contributed by atoms with van der Waals surface area (Å²) in [6, 6.07) is 11.0. The molecular formula is C20H21N5O2. The van der Waals surface area contributed by atoms with E-state index in [0.717, 1.165) is 24.1 Å². The quantitative estimate of drug-likeness (QED) is 0.728. The molecule has 1 aromatic carbocycles. The number of hydrogen-bond acceptors (Lipinski definition) is 5. The van der Waals surface area contributed by atoms with Gasteiger partial charge in [-0.15, -0.1) is 0 Å². The van der Waals surface area contributed by atoms with Crippen LogP contribution >= 0.6 is 0 Å². The van der Waals surface area contributed by atoms with E-state index in [1.54, 1.807) is 29.3 Å². The minimum Gasteiger partial charge on any atom is -0.474 e. The number of hydrogen-bond donors (Lipinski definition) is 1. The van der Waals surface area contributed by atoms with Crippen molar-refractivity contribution in [3.05, 3.63) is 66.4 Å². The average molecular weight is 363 g/mol. The zero-order valence-electron chi connectivity index (χ0n) is 14.9. The second-order valence-electron chi connectivity index (χ2n) is 6.56. The van der Waals surface area contributed by atoms with Crippen molar-refractivity contribution in [2.75, 3.05) is 0 Å². The average Bonchev–Trinajstić information content (AvgIpc) is 3.41. The van der Waals surface area contributed by atoms with Crippen LogP contribution in [0.3, 0.4) is 0 Å². The van der Waals surface area contributed by atoms with E-state index >= 15 is 0 Å². The molecule has 2 heterocycles. The summed E-state index contributed by atoms with van der Waals surface area (Å²) in [7, 11) is 0. The topological polar surface area (TPSA) is 81.9 Å². The molecule has 0 unspecified atom stereocenters. The molecule has 27 heavy (non-hydrogen) atoms. The van der Waals surface area contributed by atoms with Crippen LogP contribution in [0.1, 0.15) is 41.6 Å². The number of amides is 1. The molecule has 7 nitrogen and oxygen atoms in total. The molecule has 1 fully saturated rings. The van der Waals surface area contributed by atoms with Crippen LogP contribution in [0.4, 0.5) is 0 Å². The van der Waals surface area contributed by atoms with Gasteiger partial charge in [0.25, 0.3) is 5.91 Å². The van der Waals surface area contributed by atoms with Gasteiger partial charge in [-0.3, -0.25) is 4.79 Å². The lowest BCUT2D eigenvalue weighted by Crippen LogP contribution is -2.24. The Morgan fingerprint density at radius 1 is 1.19 bits per heavy atom. The normalized spacial score (nSPS) is 14.2. The minimum absolute atomic E-state index is 0.143. The first kappa shape index (κ1) is 17.2. The molecular weight excluding hydrogens is 342 g/mol. The van der Waals surface area contributed by atoms with Crippen molar-refractivity contribution in [1.29, 1.82) is 0 Å². The van der Waals surface area contributed by atoms with E-state index < -0.39 is 0 Å². The number of nitrogens with one attached hydrogen (secondary N) is 1. The van der Waals surface area contributed by atoms with Gasteiger partial charge in [-0.1, -0.05) is 6.07 Å². The van der Waals surface area contributed by atoms with Gasteiger partial charge < -0.3 is 10.1 Å². The van der Waals surface area contributed by atoms with Crippen LogP contribution in [0, 0.1) is 0 Å². The molecule has 4 rings (SSSR count). The third kappa shape index (κ3) is 4.13. The number of carbonyl (C=O) groups is 1. The maximum Gasteiger partial charge on any atom is 0.251 e. The molecule has 0 bridgehead atoms. The minimum atomic E-state index is -0.143. The van der Waals surface area contributed by atoms with Crippen molar-refractivity contribution in [2.24, 2.45) is 0 Å². The SMILES string of the molecule is O=C(NCc1cccnc1OC1CCCC1)c1ccc(-n2cncn2)cc1. The van der Waals surface area contributed by atoms with Crippen molar-refractivity contribution in [3.8, 4) is 11.6 Å². The number of pyridine rings is 1. The summed E-state index contributed by atoms with van der Waals surface area (Å²) in [5.74, 6) is 0.474. The Balaban J connectivity index is 1.39. The van der Waals surface area contributed by atoms with Crippen LogP contribution in [0.15, 0.2) is 55.2 Å². The Labute approximate surface area is 157 Å². The first-order valence-electron chi connectivity index (χ1n) is 9.13. The van der Waals surface area contributed by atoms with E-state index in [-0.39, 0.29) is 12.0 Å². The Kier molecular flexibility index (Phi) is 5.09. The molecule has 1 saturated carbocycles. The van der Waals surface area contributed by atoms with Gasteiger partial charge >= 0.3 is 0 Å². The first-order chi connectivity index (χ1) is 13.3. The van der Waals surface area contributed by atoms with Crippen LogP contribution in [0.25, 0.3) is 5.69 Å². The van der Waals surface area contributed by atoms with Crippen molar-refractivity contribution in [1.82, 2.24) is 25.1 Å². The van der Waals surface area contributed by atoms with E-state index in [0.29, 0.717) is 18.0 Å². The largest absolute Gasteiger partial charge is 0.474 e. The van der Waals surface area contributed by atoms with Crippen molar-refractivity contribution in [3.63, 3.8) is 0 Å². The predicted molar refractivity (Wildman–Crippen MR) is 99.7 cm³/mol. The van der Waals surface area contributed by atoms with Crippen LogP contribution < -0.4 is 10.1 Å². The van der Waals surface area contributed by atoms with Crippen molar-refractivity contribution in [2.45, 2.75) is 38.3 Å². The molecule has 2 aromatic heterocycles. The summed E-state index contributed by atoms with van der Waals surface area (Å²) in [6.45, 7) is 0.375. The molecule has 0 spiro atoms. The van der Waals surface area contributed by atoms with Gasteiger partial charge in [0.05, 0.1) is 5.69 Å².